The second-order valence-corrected chi connectivity index (χ2v) is 30.3. The Balaban J connectivity index is 0.000000261. The quantitative estimate of drug-likeness (QED) is 0.0255. The van der Waals surface area contributed by atoms with Crippen LogP contribution in [-0.4, -0.2) is 137 Å². The van der Waals surface area contributed by atoms with E-state index in [0.717, 1.165) is 75.3 Å². The van der Waals surface area contributed by atoms with Crippen molar-refractivity contribution < 1.29 is 76.9 Å². The van der Waals surface area contributed by atoms with Crippen molar-refractivity contribution in [1.29, 1.82) is 0 Å². The molecule has 6 aliphatic rings. The monoisotopic (exact) mass is 1560 g/mol. The summed E-state index contributed by atoms with van der Waals surface area (Å²) >= 11 is 0. The van der Waals surface area contributed by atoms with Crippen molar-refractivity contribution in [3.63, 3.8) is 0 Å². The summed E-state index contributed by atoms with van der Waals surface area (Å²) in [5.74, 6) is -6.67. The zero-order valence-corrected chi connectivity index (χ0v) is 65.7. The van der Waals surface area contributed by atoms with Gasteiger partial charge in [0.15, 0.2) is 17.7 Å². The molecule has 2 aliphatic carbocycles. The van der Waals surface area contributed by atoms with Gasteiger partial charge in [-0.25, -0.2) is 0 Å². The molecule has 11 N–H and O–H groups in total. The van der Waals surface area contributed by atoms with Gasteiger partial charge in [0.05, 0.1) is 25.2 Å². The van der Waals surface area contributed by atoms with Crippen LogP contribution in [-0.2, 0) is 88.0 Å². The van der Waals surface area contributed by atoms with E-state index in [1.54, 1.807) is 110 Å². The Kier molecular flexibility index (Phi) is 32.7. The van der Waals surface area contributed by atoms with Crippen molar-refractivity contribution in [2.24, 2.45) is 23.7 Å². The summed E-state index contributed by atoms with van der Waals surface area (Å²) in [6.07, 6.45) is 9.16. The Labute approximate surface area is 665 Å². The molecule has 2 saturated carbocycles. The first kappa shape index (κ1) is 86.6. The Morgan fingerprint density at radius 2 is 0.851 bits per heavy atom. The van der Waals surface area contributed by atoms with Crippen molar-refractivity contribution in [2.45, 2.75) is 212 Å². The van der Waals surface area contributed by atoms with Crippen LogP contribution in [0.1, 0.15) is 177 Å². The molecular formula is C88H108N10O16. The summed E-state index contributed by atoms with van der Waals surface area (Å²) in [4.78, 5) is 174. The van der Waals surface area contributed by atoms with Crippen LogP contribution in [0.3, 0.4) is 0 Å². The molecule has 10 amide bonds. The summed E-state index contributed by atoms with van der Waals surface area (Å²) in [7, 11) is 0. The summed E-state index contributed by atoms with van der Waals surface area (Å²) in [5.41, 5.74) is 4.37. The van der Waals surface area contributed by atoms with Crippen molar-refractivity contribution in [1.82, 2.24) is 53.2 Å². The number of ether oxygens (including phenoxy) is 2. The molecule has 12 rings (SSSR count). The van der Waals surface area contributed by atoms with Crippen LogP contribution in [0, 0.1) is 23.7 Å². The smallest absolute Gasteiger partial charge is 0.290 e. The van der Waals surface area contributed by atoms with E-state index in [1.807, 2.05) is 75.4 Å². The molecule has 6 aromatic carbocycles. The minimum atomic E-state index is -1.75. The van der Waals surface area contributed by atoms with E-state index in [1.165, 1.54) is 13.8 Å². The average Bonchev–Trinajstić information content (AvgIpc) is 1.78. The largest absolute Gasteiger partial charge is 0.457 e. The van der Waals surface area contributed by atoms with Crippen LogP contribution in [0.4, 0.5) is 0 Å². The van der Waals surface area contributed by atoms with Crippen LogP contribution >= 0.6 is 0 Å². The zero-order valence-electron chi connectivity index (χ0n) is 65.7. The number of ketones is 3. The highest BCUT2D eigenvalue weighted by molar-refractivity contribution is 6.38. The van der Waals surface area contributed by atoms with Crippen LogP contribution in [0.5, 0.6) is 23.0 Å². The van der Waals surface area contributed by atoms with E-state index in [2.05, 4.69) is 53.2 Å². The van der Waals surface area contributed by atoms with Gasteiger partial charge in [0.25, 0.3) is 11.8 Å². The van der Waals surface area contributed by atoms with E-state index < -0.39 is 132 Å². The number of nitrogens with one attached hydrogen (secondary N) is 10. The molecule has 0 saturated heterocycles. The number of benzene rings is 6. The Bertz CT molecular complexity index is 4320. The maximum atomic E-state index is 14.3. The predicted molar refractivity (Wildman–Crippen MR) is 427 cm³/mol. The van der Waals surface area contributed by atoms with Gasteiger partial charge in [-0.15, -0.1) is 0 Å². The third-order valence-corrected chi connectivity index (χ3v) is 21.2. The van der Waals surface area contributed by atoms with Crippen LogP contribution in [0.2, 0.25) is 0 Å². The Morgan fingerprint density at radius 3 is 1.26 bits per heavy atom. The summed E-state index contributed by atoms with van der Waals surface area (Å²) in [6.45, 7) is 8.83. The second-order valence-electron chi connectivity index (χ2n) is 30.3. The number of carbonyl (C=O) groups excluding carboxylic acids is 13. The maximum absolute atomic E-state index is 14.3. The lowest BCUT2D eigenvalue weighted by molar-refractivity contribution is -0.141. The Hall–Kier alpha value is -11.4. The third kappa shape index (κ3) is 25.8. The van der Waals surface area contributed by atoms with Crippen molar-refractivity contribution in [3.8, 4) is 23.0 Å². The van der Waals surface area contributed by atoms with Crippen molar-refractivity contribution in [3.05, 3.63) is 191 Å². The molecule has 11 atom stereocenters. The van der Waals surface area contributed by atoms with E-state index >= 15 is 0 Å². The van der Waals surface area contributed by atoms with Crippen LogP contribution < -0.4 is 62.6 Å². The van der Waals surface area contributed by atoms with Gasteiger partial charge in [-0.1, -0.05) is 188 Å². The highest BCUT2D eigenvalue weighted by Gasteiger charge is 2.39. The minimum absolute atomic E-state index is 0.00752. The van der Waals surface area contributed by atoms with E-state index in [-0.39, 0.29) is 60.9 Å². The standard InChI is InChI=1S/C44H55N5O8.C44H53N5O8/c2*1-4-12-35(40(52)44(56)45-26-37(51)48-38(28(3)50)31-14-7-5-8-15-31)46-42(54)36-25-30-13-11-18-34(24-30)57-33-21-19-29(20-22-33)23-27(2)41(53)49-39(43(55)47-36)32-16-9-6-10-17-32/h5,7-8,11,13-15,18-22,24,27,32,35-36,38-40,52H,4,6,9-10,12,16-17,23,25-26H2,1-3H3,(H,45,56)(H,46,54)(H,47,55)(H,48,51)(H,49,53);5,7-8,11,13-15,18-22,24,27,32,35-36,38-39H,4,6,9-10,12,16-17,23,25-26H2,1-3H3,(H,45,56)(H,46,54)(H,47,55)(H,48,51)(H,49,53). The minimum Gasteiger partial charge on any atom is -0.457 e. The molecule has 0 radical (unpaired) electrons. The fourth-order valence-corrected chi connectivity index (χ4v) is 14.9. The molecule has 4 heterocycles. The fourth-order valence-electron chi connectivity index (χ4n) is 14.9. The number of fused-ring (bicyclic) bond motifs is 20. The number of rotatable bonds is 24. The van der Waals surface area contributed by atoms with Crippen molar-refractivity contribution in [2.75, 3.05) is 13.1 Å². The second kappa shape index (κ2) is 43.0. The molecule has 0 spiro atoms. The van der Waals surface area contributed by atoms with Crippen LogP contribution in [0.15, 0.2) is 158 Å². The lowest BCUT2D eigenvalue weighted by atomic mass is 9.83. The lowest BCUT2D eigenvalue weighted by Gasteiger charge is -2.32. The van der Waals surface area contributed by atoms with Gasteiger partial charge >= 0.3 is 0 Å². The zero-order chi connectivity index (χ0) is 81.8. The van der Waals surface area contributed by atoms with Crippen molar-refractivity contribution >= 4 is 76.4 Å². The number of carbonyl (C=O) groups is 13. The maximum Gasteiger partial charge on any atom is 0.290 e. The van der Waals surface area contributed by atoms with E-state index in [4.69, 9.17) is 9.47 Å². The number of aliphatic hydroxyl groups is 1. The van der Waals surface area contributed by atoms with Gasteiger partial charge in [0.1, 0.15) is 59.2 Å². The lowest BCUT2D eigenvalue weighted by Crippen LogP contribution is -2.59. The predicted octanol–water partition coefficient (Wildman–Crippen LogP) is 8.15. The number of Topliss-reactive ketones (excluding diaryl/α,β-unsaturated/α-hetero) is 3. The van der Waals surface area contributed by atoms with Gasteiger partial charge in [-0.2, -0.15) is 0 Å². The molecule has 2 fully saturated rings. The molecule has 26 nitrogen and oxygen atoms in total. The summed E-state index contributed by atoms with van der Waals surface area (Å²) in [6, 6.07) is 38.3. The number of hydrogen-bond acceptors (Lipinski definition) is 16. The Morgan fingerprint density at radius 1 is 0.439 bits per heavy atom. The first-order valence-electron chi connectivity index (χ1n) is 39.8. The van der Waals surface area contributed by atoms with Gasteiger partial charge in [-0.3, -0.25) is 62.3 Å². The molecule has 0 aromatic heterocycles. The summed E-state index contributed by atoms with van der Waals surface area (Å²) < 4.78 is 12.2. The van der Waals surface area contributed by atoms with E-state index in [0.29, 0.717) is 70.9 Å². The van der Waals surface area contributed by atoms with Gasteiger partial charge in [0.2, 0.25) is 53.0 Å². The SMILES string of the molecule is CCCC(NC(=O)C1Cc2cccc(c2)Oc2ccc(cc2)CC(C)C(=O)NC(C2CCCCC2)C(=O)N1)C(=O)C(=O)NCC(=O)NC(C(C)=O)c1ccccc1.CCCC(NC(=O)C1Cc2cccc(c2)Oc2ccc(cc2)CC(C)C(=O)NC(C2CCCCC2)C(=O)N1)C(O)C(=O)NCC(=O)NC(C(C)=O)c1ccccc1. The van der Waals surface area contributed by atoms with Gasteiger partial charge in [-0.05, 0) is 159 Å². The first-order valence-corrected chi connectivity index (χ1v) is 39.8. The van der Waals surface area contributed by atoms with Gasteiger partial charge in [0, 0.05) is 24.7 Å². The fraction of sp³-hybridized carbons (Fsp3) is 0.443. The molecule has 6 aromatic rings. The highest BCUT2D eigenvalue weighted by Crippen LogP contribution is 2.32. The van der Waals surface area contributed by atoms with E-state index in [9.17, 15) is 67.4 Å². The highest BCUT2D eigenvalue weighted by atomic mass is 16.5. The van der Waals surface area contributed by atoms with Gasteiger partial charge < -0.3 is 67.7 Å². The molecule has 606 valence electrons. The normalized spacial score (nSPS) is 20.3. The molecule has 4 aliphatic heterocycles. The third-order valence-electron chi connectivity index (χ3n) is 21.2. The molecule has 8 bridgehead atoms. The number of aliphatic hydroxyl groups excluding tert-OH is 1. The number of amides is 10. The average molecular weight is 1560 g/mol. The molecular weight excluding hydrogens is 1450 g/mol. The number of hydrogen-bond donors (Lipinski definition) is 11. The first-order chi connectivity index (χ1) is 54.8. The molecule has 11 unspecified atom stereocenters. The topological polar surface area (TPSA) is 381 Å². The molecule has 114 heavy (non-hydrogen) atoms. The summed E-state index contributed by atoms with van der Waals surface area (Å²) in [5, 5.41) is 38.5. The molecule has 26 heteroatoms. The van der Waals surface area contributed by atoms with Crippen LogP contribution in [0.25, 0.3) is 0 Å².